The predicted octanol–water partition coefficient (Wildman–Crippen LogP) is 3.79. The number of nitrogen functional groups attached to an aromatic ring is 1. The summed E-state index contributed by atoms with van der Waals surface area (Å²) in [6.45, 7) is 3.35. The first-order valence-electron chi connectivity index (χ1n) is 7.26. The summed E-state index contributed by atoms with van der Waals surface area (Å²) in [6, 6.07) is 11.2. The molecule has 0 saturated carbocycles. The van der Waals surface area contributed by atoms with Crippen LogP contribution in [0, 0.1) is 0 Å². The molecular formula is C17H17N3O4. The van der Waals surface area contributed by atoms with Crippen molar-refractivity contribution in [2.24, 2.45) is 10.2 Å². The molecule has 2 aromatic rings. The van der Waals surface area contributed by atoms with E-state index in [1.54, 1.807) is 43.3 Å². The maximum absolute atomic E-state index is 11.6. The van der Waals surface area contributed by atoms with E-state index in [4.69, 9.17) is 15.2 Å². The Labute approximate surface area is 139 Å². The summed E-state index contributed by atoms with van der Waals surface area (Å²) < 4.78 is 9.97. The number of rotatable bonds is 5. The van der Waals surface area contributed by atoms with Gasteiger partial charge in [0.2, 0.25) is 0 Å². The van der Waals surface area contributed by atoms with Gasteiger partial charge in [0.15, 0.2) is 5.75 Å². The lowest BCUT2D eigenvalue weighted by atomic mass is 10.2. The van der Waals surface area contributed by atoms with Gasteiger partial charge in [-0.3, -0.25) is 4.79 Å². The first-order chi connectivity index (χ1) is 11.5. The zero-order valence-electron chi connectivity index (χ0n) is 13.4. The Hall–Kier alpha value is -3.22. The van der Waals surface area contributed by atoms with Gasteiger partial charge in [-0.05, 0) is 43.3 Å². The first kappa shape index (κ1) is 17.1. The van der Waals surface area contributed by atoms with Gasteiger partial charge < -0.3 is 15.2 Å². The third kappa shape index (κ3) is 4.64. The smallest absolute Gasteiger partial charge is 0.338 e. The number of azo groups is 1. The molecule has 7 heteroatoms. The van der Waals surface area contributed by atoms with E-state index in [1.165, 1.54) is 13.0 Å². The van der Waals surface area contributed by atoms with Gasteiger partial charge >= 0.3 is 11.9 Å². The summed E-state index contributed by atoms with van der Waals surface area (Å²) in [6.07, 6.45) is 0. The minimum atomic E-state index is -0.476. The minimum absolute atomic E-state index is 0.231. The van der Waals surface area contributed by atoms with Gasteiger partial charge in [-0.2, -0.15) is 5.11 Å². The van der Waals surface area contributed by atoms with E-state index in [9.17, 15) is 9.59 Å². The van der Waals surface area contributed by atoms with Crippen LogP contribution in [0.15, 0.2) is 52.7 Å². The maximum Gasteiger partial charge on any atom is 0.338 e. The SMILES string of the molecule is CCOC(=O)c1ccc(/N=N/c2ccc(N)cc2OC(C)=O)cc1. The zero-order chi connectivity index (χ0) is 17.5. The Kier molecular flexibility index (Phi) is 5.62. The summed E-state index contributed by atoms with van der Waals surface area (Å²) in [7, 11) is 0. The van der Waals surface area contributed by atoms with E-state index < -0.39 is 11.9 Å². The molecule has 124 valence electrons. The van der Waals surface area contributed by atoms with Gasteiger partial charge in [0.1, 0.15) is 5.69 Å². The Morgan fingerprint density at radius 2 is 1.79 bits per heavy atom. The Morgan fingerprint density at radius 3 is 2.42 bits per heavy atom. The number of nitrogens with two attached hydrogens (primary N) is 1. The van der Waals surface area contributed by atoms with E-state index in [0.29, 0.717) is 29.2 Å². The van der Waals surface area contributed by atoms with Crippen LogP contribution < -0.4 is 10.5 Å². The number of ether oxygens (including phenoxy) is 2. The Balaban J connectivity index is 2.19. The molecule has 0 unspecified atom stereocenters. The van der Waals surface area contributed by atoms with E-state index in [-0.39, 0.29) is 5.75 Å². The predicted molar refractivity (Wildman–Crippen MR) is 88.7 cm³/mol. The molecule has 0 aliphatic carbocycles. The van der Waals surface area contributed by atoms with Gasteiger partial charge in [0, 0.05) is 18.7 Å². The highest BCUT2D eigenvalue weighted by atomic mass is 16.5. The molecule has 0 radical (unpaired) electrons. The van der Waals surface area contributed by atoms with Crippen molar-refractivity contribution in [1.82, 2.24) is 0 Å². The second-order valence-electron chi connectivity index (χ2n) is 4.79. The van der Waals surface area contributed by atoms with Gasteiger partial charge in [-0.25, -0.2) is 4.79 Å². The van der Waals surface area contributed by atoms with E-state index >= 15 is 0 Å². The third-order valence-corrected chi connectivity index (χ3v) is 2.89. The van der Waals surface area contributed by atoms with Crippen LogP contribution >= 0.6 is 0 Å². The molecule has 7 nitrogen and oxygen atoms in total. The van der Waals surface area contributed by atoms with Crippen molar-refractivity contribution in [3.63, 3.8) is 0 Å². The monoisotopic (exact) mass is 327 g/mol. The first-order valence-corrected chi connectivity index (χ1v) is 7.26. The number of anilines is 1. The summed E-state index contributed by atoms with van der Waals surface area (Å²) in [4.78, 5) is 22.7. The van der Waals surface area contributed by atoms with Crippen LogP contribution in [0.4, 0.5) is 17.1 Å². The van der Waals surface area contributed by atoms with Crippen LogP contribution in [-0.4, -0.2) is 18.5 Å². The molecule has 2 aromatic carbocycles. The lowest BCUT2D eigenvalue weighted by Gasteiger charge is -2.05. The van der Waals surface area contributed by atoms with Crippen molar-refractivity contribution >= 4 is 29.0 Å². The van der Waals surface area contributed by atoms with E-state index in [1.807, 2.05) is 0 Å². The standard InChI is InChI=1S/C17H17N3O4/c1-3-23-17(22)12-4-7-14(8-5-12)19-20-15-9-6-13(18)10-16(15)24-11(2)21/h4-10H,3,18H2,1-2H3/b20-19+. The van der Waals surface area contributed by atoms with Gasteiger partial charge in [-0.15, -0.1) is 5.11 Å². The average Bonchev–Trinajstić information content (AvgIpc) is 2.54. The number of esters is 2. The van der Waals surface area contributed by atoms with Gasteiger partial charge in [0.25, 0.3) is 0 Å². The topological polar surface area (TPSA) is 103 Å². The van der Waals surface area contributed by atoms with Crippen LogP contribution in [-0.2, 0) is 9.53 Å². The van der Waals surface area contributed by atoms with Crippen LogP contribution in [0.2, 0.25) is 0 Å². The largest absolute Gasteiger partial charge is 0.462 e. The lowest BCUT2D eigenvalue weighted by molar-refractivity contribution is -0.131. The third-order valence-electron chi connectivity index (χ3n) is 2.89. The number of hydrogen-bond donors (Lipinski definition) is 1. The molecule has 0 aliphatic rings. The number of hydrogen-bond acceptors (Lipinski definition) is 7. The van der Waals surface area contributed by atoms with Crippen molar-refractivity contribution in [2.45, 2.75) is 13.8 Å². The van der Waals surface area contributed by atoms with Crippen molar-refractivity contribution in [3.8, 4) is 5.75 Å². The molecule has 24 heavy (non-hydrogen) atoms. The lowest BCUT2D eigenvalue weighted by Crippen LogP contribution is -2.03. The van der Waals surface area contributed by atoms with Crippen LogP contribution in [0.1, 0.15) is 24.2 Å². The van der Waals surface area contributed by atoms with Crippen molar-refractivity contribution < 1.29 is 19.1 Å². The molecular weight excluding hydrogens is 310 g/mol. The molecule has 0 aliphatic heterocycles. The molecule has 0 atom stereocenters. The van der Waals surface area contributed by atoms with Crippen molar-refractivity contribution in [3.05, 3.63) is 48.0 Å². The quantitative estimate of drug-likeness (QED) is 0.389. The van der Waals surface area contributed by atoms with Crippen LogP contribution in [0.25, 0.3) is 0 Å². The fourth-order valence-electron chi connectivity index (χ4n) is 1.84. The molecule has 2 N–H and O–H groups in total. The van der Waals surface area contributed by atoms with Crippen molar-refractivity contribution in [1.29, 1.82) is 0 Å². The molecule has 0 fully saturated rings. The second-order valence-corrected chi connectivity index (χ2v) is 4.79. The fourth-order valence-corrected chi connectivity index (χ4v) is 1.84. The molecule has 0 saturated heterocycles. The molecule has 2 rings (SSSR count). The van der Waals surface area contributed by atoms with Crippen LogP contribution in [0.3, 0.4) is 0 Å². The number of benzene rings is 2. The number of carbonyl (C=O) groups is 2. The second kappa shape index (κ2) is 7.87. The summed E-state index contributed by atoms with van der Waals surface area (Å²) in [5, 5.41) is 8.12. The zero-order valence-corrected chi connectivity index (χ0v) is 13.4. The van der Waals surface area contributed by atoms with E-state index in [0.717, 1.165) is 0 Å². The highest BCUT2D eigenvalue weighted by Crippen LogP contribution is 2.31. The highest BCUT2D eigenvalue weighted by molar-refractivity contribution is 5.89. The molecule has 0 bridgehead atoms. The maximum atomic E-state index is 11.6. The van der Waals surface area contributed by atoms with Gasteiger partial charge in [-0.1, -0.05) is 0 Å². The normalized spacial score (nSPS) is 10.6. The van der Waals surface area contributed by atoms with E-state index in [2.05, 4.69) is 10.2 Å². The van der Waals surface area contributed by atoms with Crippen LogP contribution in [0.5, 0.6) is 5.75 Å². The van der Waals surface area contributed by atoms with Gasteiger partial charge in [0.05, 0.1) is 17.9 Å². The minimum Gasteiger partial charge on any atom is -0.462 e. The molecule has 0 spiro atoms. The molecule has 0 aromatic heterocycles. The summed E-state index contributed by atoms with van der Waals surface area (Å²) in [5.74, 6) is -0.637. The molecule has 0 heterocycles. The summed E-state index contributed by atoms with van der Waals surface area (Å²) in [5.41, 5.74) is 7.46. The Morgan fingerprint density at radius 1 is 1.08 bits per heavy atom. The highest BCUT2D eigenvalue weighted by Gasteiger charge is 2.07. The Bertz CT molecular complexity index is 770. The average molecular weight is 327 g/mol. The van der Waals surface area contributed by atoms with Crippen molar-refractivity contribution in [2.75, 3.05) is 12.3 Å². The number of nitrogens with zero attached hydrogens (tertiary/aromatic N) is 2. The number of carbonyl (C=O) groups excluding carboxylic acids is 2. The fraction of sp³-hybridized carbons (Fsp3) is 0.176. The molecule has 0 amide bonds. The summed E-state index contributed by atoms with van der Waals surface area (Å²) >= 11 is 0.